The highest BCUT2D eigenvalue weighted by Gasteiger charge is 2.10. The van der Waals surface area contributed by atoms with Crippen molar-refractivity contribution in [3.63, 3.8) is 0 Å². The summed E-state index contributed by atoms with van der Waals surface area (Å²) in [5.41, 5.74) is 8.07. The lowest BCUT2D eigenvalue weighted by Crippen LogP contribution is -1.93. The van der Waals surface area contributed by atoms with Crippen molar-refractivity contribution in [2.75, 3.05) is 0 Å². The Morgan fingerprint density at radius 2 is 1.00 bits per heavy atom. The van der Waals surface area contributed by atoms with Crippen molar-refractivity contribution < 1.29 is 0 Å². The summed E-state index contributed by atoms with van der Waals surface area (Å²) < 4.78 is 0. The number of benzene rings is 2. The first kappa shape index (κ1) is 20.9. The Bertz CT molecular complexity index is 1460. The summed E-state index contributed by atoms with van der Waals surface area (Å²) in [6.07, 6.45) is 8.97. The normalized spacial score (nSPS) is 10.1. The zero-order valence-electron chi connectivity index (χ0n) is 18.3. The second-order valence-corrected chi connectivity index (χ2v) is 7.61. The summed E-state index contributed by atoms with van der Waals surface area (Å²) in [5.74, 6) is 9.02. The van der Waals surface area contributed by atoms with Gasteiger partial charge in [0.25, 0.3) is 0 Å². The van der Waals surface area contributed by atoms with Crippen molar-refractivity contribution >= 4 is 0 Å². The topological polar surface area (TPSA) is 38.7 Å². The highest BCUT2D eigenvalue weighted by molar-refractivity contribution is 5.75. The Labute approximate surface area is 199 Å². The molecule has 158 valence electrons. The zero-order valence-corrected chi connectivity index (χ0v) is 18.3. The molecule has 5 aromatic rings. The Kier molecular flexibility index (Phi) is 5.93. The molecule has 0 spiro atoms. The zero-order chi connectivity index (χ0) is 23.2. The maximum absolute atomic E-state index is 5.41. The van der Waals surface area contributed by atoms with Crippen molar-refractivity contribution in [2.45, 2.75) is 0 Å². The van der Waals surface area contributed by atoms with Gasteiger partial charge in [-0.2, -0.15) is 0 Å². The summed E-state index contributed by atoms with van der Waals surface area (Å²) in [6.45, 7) is 0. The van der Waals surface area contributed by atoms with Gasteiger partial charge < -0.3 is 0 Å². The van der Waals surface area contributed by atoms with E-state index in [0.29, 0.717) is 0 Å². The smallest absolute Gasteiger partial charge is 0.0900 e. The van der Waals surface area contributed by atoms with Gasteiger partial charge in [0.05, 0.1) is 22.8 Å². The van der Waals surface area contributed by atoms with Gasteiger partial charge in [0.15, 0.2) is 0 Å². The van der Waals surface area contributed by atoms with Crippen LogP contribution in [-0.4, -0.2) is 15.0 Å². The van der Waals surface area contributed by atoms with Gasteiger partial charge in [-0.15, -0.1) is 6.42 Å². The maximum Gasteiger partial charge on any atom is 0.0900 e. The van der Waals surface area contributed by atoms with Crippen LogP contribution in [0.25, 0.3) is 33.9 Å². The minimum Gasteiger partial charge on any atom is -0.255 e. The fourth-order valence-electron chi connectivity index (χ4n) is 3.53. The molecule has 0 amide bonds. The van der Waals surface area contributed by atoms with Crippen LogP contribution in [-0.2, 0) is 0 Å². The van der Waals surface area contributed by atoms with E-state index in [1.54, 1.807) is 12.4 Å². The van der Waals surface area contributed by atoms with E-state index in [-0.39, 0.29) is 0 Å². The molecule has 3 heteroatoms. The van der Waals surface area contributed by atoms with Crippen LogP contribution in [0.2, 0.25) is 0 Å². The molecule has 3 aromatic heterocycles. The molecule has 0 aliphatic rings. The summed E-state index contributed by atoms with van der Waals surface area (Å²) >= 11 is 0. The molecule has 0 fully saturated rings. The quantitative estimate of drug-likeness (QED) is 0.316. The van der Waals surface area contributed by atoms with Crippen molar-refractivity contribution in [2.24, 2.45) is 0 Å². The van der Waals surface area contributed by atoms with Crippen LogP contribution >= 0.6 is 0 Å². The number of aromatic nitrogens is 3. The highest BCUT2D eigenvalue weighted by Crippen LogP contribution is 2.29. The van der Waals surface area contributed by atoms with Gasteiger partial charge in [-0.05, 0) is 83.9 Å². The predicted molar refractivity (Wildman–Crippen MR) is 136 cm³/mol. The van der Waals surface area contributed by atoms with Gasteiger partial charge in [0.1, 0.15) is 0 Å². The summed E-state index contributed by atoms with van der Waals surface area (Å²) in [6, 6.07) is 31.6. The minimum absolute atomic E-state index is 0.804. The Morgan fingerprint density at radius 1 is 0.500 bits per heavy atom. The van der Waals surface area contributed by atoms with E-state index in [9.17, 15) is 0 Å². The molecule has 0 N–H and O–H groups in total. The molecule has 3 heterocycles. The summed E-state index contributed by atoms with van der Waals surface area (Å²) in [4.78, 5) is 13.8. The number of nitrogens with zero attached hydrogens (tertiary/aromatic N) is 3. The monoisotopic (exact) mass is 433 g/mol. The second kappa shape index (κ2) is 9.65. The SMILES string of the molecule is C#Cc1ccc(C#Cc2ccc(-c3cc(-c4ccccn4)nc(-c4ccccn4)c3)cc2)cc1. The lowest BCUT2D eigenvalue weighted by molar-refractivity contribution is 1.22. The molecule has 0 saturated carbocycles. The van der Waals surface area contributed by atoms with Crippen LogP contribution in [0.3, 0.4) is 0 Å². The molecule has 0 unspecified atom stereocenters. The van der Waals surface area contributed by atoms with Crippen molar-refractivity contribution in [3.8, 4) is 58.1 Å². The molecule has 34 heavy (non-hydrogen) atoms. The molecule has 0 aliphatic carbocycles. The van der Waals surface area contributed by atoms with Gasteiger partial charge in [0, 0.05) is 29.1 Å². The van der Waals surface area contributed by atoms with Crippen molar-refractivity contribution in [1.29, 1.82) is 0 Å². The third-order valence-corrected chi connectivity index (χ3v) is 5.30. The lowest BCUT2D eigenvalue weighted by atomic mass is 10.0. The second-order valence-electron chi connectivity index (χ2n) is 7.61. The molecule has 0 atom stereocenters. The maximum atomic E-state index is 5.41. The number of rotatable bonds is 3. The number of hydrogen-bond acceptors (Lipinski definition) is 3. The highest BCUT2D eigenvalue weighted by atomic mass is 14.8. The molecule has 3 nitrogen and oxygen atoms in total. The van der Waals surface area contributed by atoms with E-state index in [4.69, 9.17) is 11.4 Å². The first-order valence-corrected chi connectivity index (χ1v) is 10.8. The third-order valence-electron chi connectivity index (χ3n) is 5.30. The molecular formula is C31H19N3. The molecule has 0 bridgehead atoms. The minimum atomic E-state index is 0.804. The van der Waals surface area contributed by atoms with Crippen LogP contribution in [0.4, 0.5) is 0 Å². The van der Waals surface area contributed by atoms with Crippen LogP contribution in [0.1, 0.15) is 16.7 Å². The standard InChI is InChI=1S/C31H19N3/c1-2-23-9-11-24(12-10-23)13-14-25-15-17-26(18-16-25)27-21-30(28-7-3-5-19-32-28)34-31(22-27)29-8-4-6-20-33-29/h1,3-12,15-22H. The Hall–Kier alpha value is -4.99. The molecule has 2 aromatic carbocycles. The van der Waals surface area contributed by atoms with E-state index in [1.807, 2.05) is 72.8 Å². The molecular weight excluding hydrogens is 414 g/mol. The largest absolute Gasteiger partial charge is 0.255 e. The number of pyridine rings is 3. The molecule has 5 rings (SSSR count). The number of terminal acetylenes is 1. The van der Waals surface area contributed by atoms with Gasteiger partial charge in [-0.1, -0.05) is 42.0 Å². The Balaban J connectivity index is 1.49. The van der Waals surface area contributed by atoms with E-state index in [0.717, 1.165) is 50.6 Å². The van der Waals surface area contributed by atoms with Gasteiger partial charge in [0.2, 0.25) is 0 Å². The van der Waals surface area contributed by atoms with E-state index in [2.05, 4.69) is 52.0 Å². The van der Waals surface area contributed by atoms with Crippen molar-refractivity contribution in [1.82, 2.24) is 15.0 Å². The van der Waals surface area contributed by atoms with Crippen LogP contribution < -0.4 is 0 Å². The molecule has 0 radical (unpaired) electrons. The Morgan fingerprint density at radius 3 is 1.47 bits per heavy atom. The van der Waals surface area contributed by atoms with Gasteiger partial charge in [-0.3, -0.25) is 9.97 Å². The van der Waals surface area contributed by atoms with Gasteiger partial charge >= 0.3 is 0 Å². The van der Waals surface area contributed by atoms with Crippen LogP contribution in [0.15, 0.2) is 109 Å². The third kappa shape index (κ3) is 4.75. The van der Waals surface area contributed by atoms with E-state index >= 15 is 0 Å². The van der Waals surface area contributed by atoms with Crippen LogP contribution in [0, 0.1) is 24.2 Å². The number of hydrogen-bond donors (Lipinski definition) is 0. The van der Waals surface area contributed by atoms with Crippen LogP contribution in [0.5, 0.6) is 0 Å². The lowest BCUT2D eigenvalue weighted by Gasteiger charge is -2.09. The average Bonchev–Trinajstić information content (AvgIpc) is 2.93. The predicted octanol–water partition coefficient (Wildman–Crippen LogP) is 6.25. The van der Waals surface area contributed by atoms with Crippen molar-refractivity contribution in [3.05, 3.63) is 126 Å². The fourth-order valence-corrected chi connectivity index (χ4v) is 3.53. The molecule has 0 saturated heterocycles. The van der Waals surface area contributed by atoms with E-state index in [1.165, 1.54) is 0 Å². The summed E-state index contributed by atoms with van der Waals surface area (Å²) in [7, 11) is 0. The first-order chi connectivity index (χ1) is 16.8. The van der Waals surface area contributed by atoms with Gasteiger partial charge in [-0.25, -0.2) is 4.98 Å². The molecule has 0 aliphatic heterocycles. The van der Waals surface area contributed by atoms with E-state index < -0.39 is 0 Å². The summed E-state index contributed by atoms with van der Waals surface area (Å²) in [5, 5.41) is 0. The fraction of sp³-hybridized carbons (Fsp3) is 0. The first-order valence-electron chi connectivity index (χ1n) is 10.8. The average molecular weight is 434 g/mol.